The molecule has 0 bridgehead atoms. The van der Waals surface area contributed by atoms with Crippen molar-refractivity contribution in [1.82, 2.24) is 0 Å². The van der Waals surface area contributed by atoms with E-state index in [1.165, 1.54) is 55.7 Å². The summed E-state index contributed by atoms with van der Waals surface area (Å²) < 4.78 is 5.45. The normalized spacial score (nSPS) is 31.0. The van der Waals surface area contributed by atoms with Crippen molar-refractivity contribution in [3.05, 3.63) is 34.4 Å². The number of benzene rings is 1. The zero-order valence-electron chi connectivity index (χ0n) is 21.0. The van der Waals surface area contributed by atoms with E-state index in [-0.39, 0.29) is 11.8 Å². The van der Waals surface area contributed by atoms with Gasteiger partial charge in [0.25, 0.3) is 0 Å². The Bertz CT molecular complexity index is 885. The van der Waals surface area contributed by atoms with Gasteiger partial charge in [-0.15, -0.1) is 0 Å². The average molecular weight is 439 g/mol. The zero-order chi connectivity index (χ0) is 23.2. The minimum absolute atomic E-state index is 0.0404. The molecule has 0 aliphatic heterocycles. The Hall–Kier alpha value is -1.64. The molecule has 3 nitrogen and oxygen atoms in total. The molecule has 3 heteroatoms. The molecule has 0 N–H and O–H groups in total. The highest BCUT2D eigenvalue weighted by atomic mass is 16.5. The van der Waals surface area contributed by atoms with Crippen molar-refractivity contribution in [2.24, 2.45) is 29.1 Å². The number of fused-ring (bicyclic) bond motifs is 5. The van der Waals surface area contributed by atoms with Gasteiger partial charge in [-0.3, -0.25) is 9.59 Å². The summed E-state index contributed by atoms with van der Waals surface area (Å²) in [4.78, 5) is 24.1. The molecule has 3 aliphatic carbocycles. The molecule has 4 rings (SSSR count). The maximum Gasteiger partial charge on any atom is 0.303 e. The highest BCUT2D eigenvalue weighted by Gasteiger charge is 2.51. The average Bonchev–Trinajstić information content (AvgIpc) is 3.10. The number of hydrogen-bond donors (Lipinski definition) is 0. The van der Waals surface area contributed by atoms with Crippen LogP contribution in [0.25, 0.3) is 0 Å². The van der Waals surface area contributed by atoms with Gasteiger partial charge in [0.2, 0.25) is 0 Å². The lowest BCUT2D eigenvalue weighted by Crippen LogP contribution is -2.36. The van der Waals surface area contributed by atoms with Crippen molar-refractivity contribution in [1.29, 1.82) is 0 Å². The molecular weight excluding hydrogens is 396 g/mol. The van der Waals surface area contributed by atoms with Gasteiger partial charge in [0.05, 0.1) is 0 Å². The van der Waals surface area contributed by atoms with Crippen LogP contribution in [0.1, 0.15) is 114 Å². The summed E-state index contributed by atoms with van der Waals surface area (Å²) in [5.74, 6) is 3.43. The van der Waals surface area contributed by atoms with Crippen molar-refractivity contribution in [3.63, 3.8) is 0 Å². The fraction of sp³-hybridized carbons (Fsp3) is 0.724. The third kappa shape index (κ3) is 4.05. The van der Waals surface area contributed by atoms with Gasteiger partial charge in [0.1, 0.15) is 0 Å². The molecule has 3 aliphatic rings. The van der Waals surface area contributed by atoms with Crippen molar-refractivity contribution < 1.29 is 14.3 Å². The summed E-state index contributed by atoms with van der Waals surface area (Å²) in [5, 5.41) is 0. The zero-order valence-corrected chi connectivity index (χ0v) is 21.0. The Morgan fingerprint density at radius 3 is 2.41 bits per heavy atom. The van der Waals surface area contributed by atoms with E-state index in [2.05, 4.69) is 46.8 Å². The molecule has 1 aromatic rings. The van der Waals surface area contributed by atoms with Crippen molar-refractivity contribution >= 4 is 11.8 Å². The van der Waals surface area contributed by atoms with E-state index in [1.54, 1.807) is 0 Å². The highest BCUT2D eigenvalue weighted by Crippen LogP contribution is 2.61. The van der Waals surface area contributed by atoms with Gasteiger partial charge in [0.15, 0.2) is 11.9 Å². The van der Waals surface area contributed by atoms with Crippen LogP contribution in [0.5, 0.6) is 0 Å². The maximum atomic E-state index is 12.5. The van der Waals surface area contributed by atoms with Crippen LogP contribution in [-0.4, -0.2) is 11.8 Å². The quantitative estimate of drug-likeness (QED) is 0.451. The Labute approximate surface area is 194 Å². The van der Waals surface area contributed by atoms with Crippen LogP contribution < -0.4 is 0 Å². The Morgan fingerprint density at radius 2 is 1.72 bits per heavy atom. The summed E-state index contributed by atoms with van der Waals surface area (Å²) in [5.41, 5.74) is 5.62. The second-order valence-electron chi connectivity index (χ2n) is 11.7. The summed E-state index contributed by atoms with van der Waals surface area (Å²) in [6.45, 7) is 13.6. The Kier molecular flexibility index (Phi) is 6.58. The first-order valence-corrected chi connectivity index (χ1v) is 13.0. The molecule has 0 amide bonds. The van der Waals surface area contributed by atoms with E-state index in [1.807, 2.05) is 0 Å². The lowest BCUT2D eigenvalue weighted by atomic mass is 9.59. The van der Waals surface area contributed by atoms with Crippen LogP contribution in [0.3, 0.4) is 0 Å². The van der Waals surface area contributed by atoms with Gasteiger partial charge in [-0.2, -0.15) is 0 Å². The first kappa shape index (κ1) is 23.5. The molecule has 1 aromatic carbocycles. The van der Waals surface area contributed by atoms with Crippen LogP contribution in [0.4, 0.5) is 0 Å². The second-order valence-corrected chi connectivity index (χ2v) is 11.7. The van der Waals surface area contributed by atoms with Crippen LogP contribution in [0.2, 0.25) is 0 Å². The van der Waals surface area contributed by atoms with Gasteiger partial charge in [-0.1, -0.05) is 59.6 Å². The van der Waals surface area contributed by atoms with E-state index in [0.29, 0.717) is 17.8 Å². The van der Waals surface area contributed by atoms with E-state index in [0.717, 1.165) is 42.1 Å². The second kappa shape index (κ2) is 8.95. The van der Waals surface area contributed by atoms with Gasteiger partial charge < -0.3 is 4.74 Å². The number of ketones is 1. The van der Waals surface area contributed by atoms with E-state index < -0.39 is 6.10 Å². The number of hydrogen-bond acceptors (Lipinski definition) is 3. The Balaban J connectivity index is 1.58. The molecular formula is C29H42O3. The predicted octanol–water partition coefficient (Wildman–Crippen LogP) is 6.96. The third-order valence-electron chi connectivity index (χ3n) is 9.58. The standard InChI is InChI=1S/C29H42O3/c1-17(2)18(3)7-8-19(4)25-12-13-26-23-9-10-24-21(22(23)15-16-29(25,26)6)11-14-27(31)28(24)32-20(5)30/h9-10,17-19,25-26,28H,7-8,11-16H2,1-6H3/t18-,19+,25+,26-,28-,29-/m0/s1. The lowest BCUT2D eigenvalue weighted by molar-refractivity contribution is -0.154. The van der Waals surface area contributed by atoms with Crippen LogP contribution in [-0.2, 0) is 27.2 Å². The summed E-state index contributed by atoms with van der Waals surface area (Å²) >= 11 is 0. The minimum atomic E-state index is -0.700. The monoisotopic (exact) mass is 438 g/mol. The number of carbonyl (C=O) groups is 2. The lowest BCUT2D eigenvalue weighted by Gasteiger charge is -2.45. The molecule has 176 valence electrons. The van der Waals surface area contributed by atoms with Crippen LogP contribution >= 0.6 is 0 Å². The number of ether oxygens (including phenoxy) is 1. The van der Waals surface area contributed by atoms with Gasteiger partial charge in [-0.25, -0.2) is 0 Å². The molecule has 1 saturated carbocycles. The van der Waals surface area contributed by atoms with Gasteiger partial charge >= 0.3 is 5.97 Å². The molecule has 1 fully saturated rings. The molecule has 0 aromatic heterocycles. The smallest absolute Gasteiger partial charge is 0.303 e. The molecule has 0 spiro atoms. The first-order chi connectivity index (χ1) is 15.1. The fourth-order valence-electron chi connectivity index (χ4n) is 7.26. The number of rotatable bonds is 6. The SMILES string of the molecule is CC(=O)O[C@@H]1C(=O)CCc2c1ccc1c2CC[C@@]2(C)[C@@H]([C@H](C)CC[C@H](C)C(C)C)CC[C@@H]12. The maximum absolute atomic E-state index is 12.5. The van der Waals surface area contributed by atoms with Crippen molar-refractivity contribution in [2.75, 3.05) is 0 Å². The third-order valence-corrected chi connectivity index (χ3v) is 9.58. The molecule has 0 unspecified atom stereocenters. The van der Waals surface area contributed by atoms with E-state index in [9.17, 15) is 9.59 Å². The molecule has 0 heterocycles. The summed E-state index contributed by atoms with van der Waals surface area (Å²) in [6, 6.07) is 4.38. The fourth-order valence-corrected chi connectivity index (χ4v) is 7.26. The first-order valence-electron chi connectivity index (χ1n) is 13.0. The number of Topliss-reactive ketones (excluding diaryl/α,β-unsaturated/α-hetero) is 1. The topological polar surface area (TPSA) is 43.4 Å². The molecule has 6 atom stereocenters. The van der Waals surface area contributed by atoms with Gasteiger partial charge in [0, 0.05) is 18.9 Å². The highest BCUT2D eigenvalue weighted by molar-refractivity contribution is 5.89. The van der Waals surface area contributed by atoms with Crippen LogP contribution in [0.15, 0.2) is 12.1 Å². The van der Waals surface area contributed by atoms with Crippen molar-refractivity contribution in [3.8, 4) is 0 Å². The minimum Gasteiger partial charge on any atom is -0.450 e. The van der Waals surface area contributed by atoms with E-state index in [4.69, 9.17) is 4.74 Å². The Morgan fingerprint density at radius 1 is 1.03 bits per heavy atom. The summed E-state index contributed by atoms with van der Waals surface area (Å²) in [6.07, 6.45) is 8.21. The van der Waals surface area contributed by atoms with E-state index >= 15 is 0 Å². The van der Waals surface area contributed by atoms with Crippen molar-refractivity contribution in [2.45, 2.75) is 105 Å². The predicted molar refractivity (Wildman–Crippen MR) is 129 cm³/mol. The number of carbonyl (C=O) groups excluding carboxylic acids is 2. The van der Waals surface area contributed by atoms with Gasteiger partial charge in [-0.05, 0) is 83.8 Å². The number of esters is 1. The molecule has 0 saturated heterocycles. The molecule has 32 heavy (non-hydrogen) atoms. The van der Waals surface area contributed by atoms with Crippen LogP contribution in [0, 0.1) is 29.1 Å². The summed E-state index contributed by atoms with van der Waals surface area (Å²) in [7, 11) is 0. The molecule has 0 radical (unpaired) electrons. The largest absolute Gasteiger partial charge is 0.450 e.